The molecule has 0 heteroatoms. The Kier molecular flexibility index (Phi) is 4.09. The van der Waals surface area contributed by atoms with Crippen LogP contribution < -0.4 is 0 Å². The number of rotatable bonds is 1. The quantitative estimate of drug-likeness (QED) is 0.378. The minimum Gasteiger partial charge on any atom is -0.0841 e. The molecule has 0 bridgehead atoms. The first-order valence-electron chi connectivity index (χ1n) is 11.9. The van der Waals surface area contributed by atoms with Gasteiger partial charge in [-0.3, -0.25) is 0 Å². The van der Waals surface area contributed by atoms with Gasteiger partial charge in [-0.05, 0) is 76.4 Å². The monoisotopic (exact) mass is 414 g/mol. The second-order valence-corrected chi connectivity index (χ2v) is 10.1. The zero-order chi connectivity index (χ0) is 22.1. The van der Waals surface area contributed by atoms with Crippen LogP contribution >= 0.6 is 0 Å². The van der Waals surface area contributed by atoms with Crippen molar-refractivity contribution in [3.63, 3.8) is 0 Å². The average molecular weight is 415 g/mol. The third kappa shape index (κ3) is 2.28. The lowest BCUT2D eigenvalue weighted by Crippen LogP contribution is -2.43. The normalized spacial score (nSPS) is 21.4. The van der Waals surface area contributed by atoms with E-state index in [1.807, 2.05) is 0 Å². The van der Waals surface area contributed by atoms with Crippen molar-refractivity contribution in [1.29, 1.82) is 0 Å². The van der Waals surface area contributed by atoms with Gasteiger partial charge in [0.25, 0.3) is 0 Å². The Labute approximate surface area is 192 Å². The molecule has 0 aliphatic heterocycles. The van der Waals surface area contributed by atoms with Gasteiger partial charge in [0.05, 0.1) is 5.41 Å². The van der Waals surface area contributed by atoms with E-state index in [1.165, 1.54) is 50.1 Å². The van der Waals surface area contributed by atoms with E-state index >= 15 is 0 Å². The lowest BCUT2D eigenvalue weighted by atomic mass is 9.53. The predicted octanol–water partition coefficient (Wildman–Crippen LogP) is 8.06. The molecule has 3 aliphatic carbocycles. The molecule has 158 valence electrons. The molecule has 0 saturated heterocycles. The first-order chi connectivity index (χ1) is 15.5. The lowest BCUT2D eigenvalue weighted by molar-refractivity contribution is 0.439. The minimum absolute atomic E-state index is 0.0168. The molecule has 3 aromatic rings. The first-order valence-corrected chi connectivity index (χ1v) is 11.9. The third-order valence-electron chi connectivity index (χ3n) is 8.38. The average Bonchev–Trinajstić information content (AvgIpc) is 3.13. The molecule has 1 spiro atoms. The van der Waals surface area contributed by atoms with Crippen LogP contribution in [0.5, 0.6) is 0 Å². The van der Waals surface area contributed by atoms with Gasteiger partial charge in [0.1, 0.15) is 0 Å². The van der Waals surface area contributed by atoms with Crippen LogP contribution in [0.15, 0.2) is 91.0 Å². The molecule has 1 unspecified atom stereocenters. The molecule has 0 N–H and O–H groups in total. The highest BCUT2D eigenvalue weighted by Gasteiger charge is 2.56. The fourth-order valence-electron chi connectivity index (χ4n) is 6.74. The summed E-state index contributed by atoms with van der Waals surface area (Å²) in [4.78, 5) is 0. The van der Waals surface area contributed by atoms with Crippen LogP contribution in [0.2, 0.25) is 0 Å². The Bertz CT molecular complexity index is 1290. The molecular weight excluding hydrogens is 384 g/mol. The lowest BCUT2D eigenvalue weighted by Gasteiger charge is -2.49. The van der Waals surface area contributed by atoms with E-state index in [1.54, 1.807) is 0 Å². The van der Waals surface area contributed by atoms with E-state index in [4.69, 9.17) is 0 Å². The van der Waals surface area contributed by atoms with Crippen molar-refractivity contribution in [2.24, 2.45) is 5.92 Å². The Hall–Kier alpha value is -3.12. The highest BCUT2D eigenvalue weighted by Crippen LogP contribution is 2.64. The number of benzene rings is 3. The number of fused-ring (bicyclic) bond motifs is 9. The molecule has 3 aromatic carbocycles. The summed E-state index contributed by atoms with van der Waals surface area (Å²) >= 11 is 0. The van der Waals surface area contributed by atoms with Gasteiger partial charge in [-0.25, -0.2) is 0 Å². The van der Waals surface area contributed by atoms with Gasteiger partial charge >= 0.3 is 0 Å². The van der Waals surface area contributed by atoms with Crippen LogP contribution in [-0.2, 0) is 10.8 Å². The van der Waals surface area contributed by atoms with Gasteiger partial charge in [0.15, 0.2) is 0 Å². The zero-order valence-electron chi connectivity index (χ0n) is 19.4. The van der Waals surface area contributed by atoms with Gasteiger partial charge in [-0.15, -0.1) is 0 Å². The van der Waals surface area contributed by atoms with E-state index in [9.17, 15) is 0 Å². The smallest absolute Gasteiger partial charge is 0.0534 e. The molecule has 1 atom stereocenters. The van der Waals surface area contributed by atoms with E-state index < -0.39 is 0 Å². The first kappa shape index (κ1) is 19.6. The van der Waals surface area contributed by atoms with E-state index in [-0.39, 0.29) is 10.8 Å². The molecule has 0 amide bonds. The standard InChI is InChI=1S/C32H30/c1-5-21(2)22-18-19-26-24(20-22)23-12-6-7-13-25(23)32(26)29-16-10-8-14-27(29)31(3,4)28-15-9-11-17-30(28)32/h5-12,14-20,25H,13H2,1-4H3/b21-5+. The maximum atomic E-state index is 2.45. The fourth-order valence-corrected chi connectivity index (χ4v) is 6.74. The molecule has 0 aromatic heterocycles. The van der Waals surface area contributed by atoms with Gasteiger partial charge in [0.2, 0.25) is 0 Å². The highest BCUT2D eigenvalue weighted by atomic mass is 14.6. The number of hydrogen-bond acceptors (Lipinski definition) is 0. The Morgan fingerprint density at radius 2 is 1.47 bits per heavy atom. The largest absolute Gasteiger partial charge is 0.0841 e. The SMILES string of the molecule is C/C=C(\C)c1ccc2c(c1)C1=CC=CCC1C21c2ccccc2C(C)(C)c2ccccc21. The summed E-state index contributed by atoms with van der Waals surface area (Å²) in [5, 5.41) is 0. The summed E-state index contributed by atoms with van der Waals surface area (Å²) in [6.45, 7) is 9.13. The van der Waals surface area contributed by atoms with Crippen LogP contribution in [0.4, 0.5) is 0 Å². The van der Waals surface area contributed by atoms with Crippen LogP contribution in [0.25, 0.3) is 11.1 Å². The van der Waals surface area contributed by atoms with Crippen molar-refractivity contribution in [3.05, 3.63) is 130 Å². The number of hydrogen-bond donors (Lipinski definition) is 0. The Morgan fingerprint density at radius 1 is 0.844 bits per heavy atom. The molecule has 0 heterocycles. The highest BCUT2D eigenvalue weighted by molar-refractivity contribution is 5.87. The predicted molar refractivity (Wildman–Crippen MR) is 136 cm³/mol. The van der Waals surface area contributed by atoms with Crippen molar-refractivity contribution in [3.8, 4) is 0 Å². The topological polar surface area (TPSA) is 0 Å². The third-order valence-corrected chi connectivity index (χ3v) is 8.38. The van der Waals surface area contributed by atoms with E-state index in [2.05, 4.69) is 119 Å². The molecule has 6 rings (SSSR count). The van der Waals surface area contributed by atoms with Crippen molar-refractivity contribution in [1.82, 2.24) is 0 Å². The molecule has 0 saturated carbocycles. The van der Waals surface area contributed by atoms with Crippen LogP contribution in [0.1, 0.15) is 73.1 Å². The summed E-state index contributed by atoms with van der Waals surface area (Å²) in [6.07, 6.45) is 10.3. The van der Waals surface area contributed by atoms with E-state index in [0.717, 1.165) is 6.42 Å². The van der Waals surface area contributed by atoms with Gasteiger partial charge in [0, 0.05) is 11.3 Å². The van der Waals surface area contributed by atoms with Crippen LogP contribution in [0, 0.1) is 5.92 Å². The van der Waals surface area contributed by atoms with Crippen molar-refractivity contribution >= 4 is 11.1 Å². The van der Waals surface area contributed by atoms with Crippen molar-refractivity contribution in [2.75, 3.05) is 0 Å². The second-order valence-electron chi connectivity index (χ2n) is 10.1. The van der Waals surface area contributed by atoms with Gasteiger partial charge < -0.3 is 0 Å². The van der Waals surface area contributed by atoms with E-state index in [0.29, 0.717) is 5.92 Å². The molecule has 32 heavy (non-hydrogen) atoms. The summed E-state index contributed by atoms with van der Waals surface area (Å²) < 4.78 is 0. The maximum Gasteiger partial charge on any atom is 0.0534 e. The summed E-state index contributed by atoms with van der Waals surface area (Å²) in [5.74, 6) is 0.419. The molecule has 0 radical (unpaired) electrons. The molecule has 0 fully saturated rings. The minimum atomic E-state index is -0.142. The number of allylic oxidation sites excluding steroid dienone is 6. The Balaban J connectivity index is 1.77. The molecule has 0 nitrogen and oxygen atoms in total. The Morgan fingerprint density at radius 3 is 2.09 bits per heavy atom. The van der Waals surface area contributed by atoms with Gasteiger partial charge in [-0.1, -0.05) is 98.8 Å². The van der Waals surface area contributed by atoms with Crippen molar-refractivity contribution < 1.29 is 0 Å². The zero-order valence-corrected chi connectivity index (χ0v) is 19.4. The van der Waals surface area contributed by atoms with Crippen LogP contribution in [0.3, 0.4) is 0 Å². The maximum absolute atomic E-state index is 2.45. The van der Waals surface area contributed by atoms with Crippen molar-refractivity contribution in [2.45, 2.75) is 44.9 Å². The molecular formula is C32H30. The second kappa shape index (κ2) is 6.69. The summed E-state index contributed by atoms with van der Waals surface area (Å²) in [5.41, 5.74) is 12.8. The van der Waals surface area contributed by atoms with Crippen LogP contribution in [-0.4, -0.2) is 0 Å². The summed E-state index contributed by atoms with van der Waals surface area (Å²) in [7, 11) is 0. The van der Waals surface area contributed by atoms with Gasteiger partial charge in [-0.2, -0.15) is 0 Å². The fraction of sp³-hybridized carbons (Fsp3) is 0.250. The molecule has 3 aliphatic rings. The summed E-state index contributed by atoms with van der Waals surface area (Å²) in [6, 6.07) is 25.7.